The fraction of sp³-hybridized carbons (Fsp3) is 0.950. The van der Waals surface area contributed by atoms with Gasteiger partial charge in [-0.3, -0.25) is 4.79 Å². The highest BCUT2D eigenvalue weighted by Crippen LogP contribution is 2.69. The minimum absolute atomic E-state index is 0.0573. The van der Waals surface area contributed by atoms with E-state index in [1.807, 2.05) is 6.92 Å². The molecular formula is C20H32O2. The number of aliphatic hydroxyl groups is 1. The van der Waals surface area contributed by atoms with Gasteiger partial charge in [-0.2, -0.15) is 0 Å². The van der Waals surface area contributed by atoms with Gasteiger partial charge in [0, 0.05) is 5.92 Å². The van der Waals surface area contributed by atoms with Crippen LogP contribution in [0.1, 0.15) is 72.1 Å². The van der Waals surface area contributed by atoms with Crippen LogP contribution in [-0.4, -0.2) is 17.0 Å². The maximum atomic E-state index is 12.1. The van der Waals surface area contributed by atoms with Crippen LogP contribution in [0.5, 0.6) is 0 Å². The summed E-state index contributed by atoms with van der Waals surface area (Å²) in [5.74, 6) is 3.92. The number of hydrogen-bond donors (Lipinski definition) is 1. The molecule has 1 N–H and O–H groups in total. The van der Waals surface area contributed by atoms with Gasteiger partial charge in [-0.15, -0.1) is 0 Å². The molecule has 5 unspecified atom stereocenters. The molecule has 0 heterocycles. The van der Waals surface area contributed by atoms with Crippen LogP contribution in [-0.2, 0) is 4.79 Å². The highest BCUT2D eigenvalue weighted by atomic mass is 16.3. The van der Waals surface area contributed by atoms with E-state index in [0.29, 0.717) is 17.1 Å². The van der Waals surface area contributed by atoms with Gasteiger partial charge < -0.3 is 5.11 Å². The van der Waals surface area contributed by atoms with E-state index in [0.717, 1.165) is 42.9 Å². The second kappa shape index (κ2) is 4.82. The molecule has 0 amide bonds. The smallest absolute Gasteiger partial charge is 0.133 e. The standard InChI is InChI=1S/C20H32O2/c1-12(21)16-4-5-17-15-11-13-10-14(22)6-8-19(13,2)18(15)7-9-20(16,17)3/h13-18,22H,4-11H2,1-3H3/t13?,14?,15?,16-,17?,18?,19+,20-/m1/s1. The third-order valence-corrected chi connectivity index (χ3v) is 8.84. The molecule has 0 aliphatic heterocycles. The first-order chi connectivity index (χ1) is 10.4. The summed E-state index contributed by atoms with van der Waals surface area (Å²) in [6.45, 7) is 6.76. The molecule has 124 valence electrons. The van der Waals surface area contributed by atoms with Crippen molar-refractivity contribution < 1.29 is 9.90 Å². The number of aliphatic hydroxyl groups excluding tert-OH is 1. The lowest BCUT2D eigenvalue weighted by atomic mass is 9.54. The predicted octanol–water partition coefficient (Wildman–Crippen LogP) is 4.21. The maximum Gasteiger partial charge on any atom is 0.133 e. The van der Waals surface area contributed by atoms with Gasteiger partial charge in [0.2, 0.25) is 0 Å². The van der Waals surface area contributed by atoms with Crippen LogP contribution in [0.25, 0.3) is 0 Å². The van der Waals surface area contributed by atoms with Crippen molar-refractivity contribution in [3.8, 4) is 0 Å². The monoisotopic (exact) mass is 304 g/mol. The fourth-order valence-corrected chi connectivity index (χ4v) is 7.68. The van der Waals surface area contributed by atoms with E-state index in [4.69, 9.17) is 0 Å². The van der Waals surface area contributed by atoms with Crippen molar-refractivity contribution in [1.29, 1.82) is 0 Å². The van der Waals surface area contributed by atoms with Crippen molar-refractivity contribution in [3.05, 3.63) is 0 Å². The molecule has 0 aromatic rings. The van der Waals surface area contributed by atoms with E-state index in [2.05, 4.69) is 13.8 Å². The molecule has 4 aliphatic rings. The van der Waals surface area contributed by atoms with E-state index in [9.17, 15) is 9.90 Å². The molecule has 8 atom stereocenters. The summed E-state index contributed by atoms with van der Waals surface area (Å²) in [4.78, 5) is 12.1. The molecule has 0 bridgehead atoms. The van der Waals surface area contributed by atoms with E-state index >= 15 is 0 Å². The highest BCUT2D eigenvalue weighted by molar-refractivity contribution is 5.79. The SMILES string of the molecule is CC(=O)[C@H]1CCC2C3CC4CC(O)CC[C@]4(C)C3CC[C@@]21C. The van der Waals surface area contributed by atoms with Gasteiger partial charge in [0.05, 0.1) is 6.10 Å². The molecule has 0 spiro atoms. The van der Waals surface area contributed by atoms with Gasteiger partial charge in [-0.1, -0.05) is 13.8 Å². The summed E-state index contributed by atoms with van der Waals surface area (Å²) in [6.07, 6.45) is 9.51. The number of fused-ring (bicyclic) bond motifs is 5. The third kappa shape index (κ3) is 1.85. The van der Waals surface area contributed by atoms with Gasteiger partial charge in [0.15, 0.2) is 0 Å². The number of rotatable bonds is 1. The second-order valence-corrected chi connectivity index (χ2v) is 9.53. The molecule has 0 aromatic heterocycles. The average molecular weight is 304 g/mol. The molecule has 22 heavy (non-hydrogen) atoms. The van der Waals surface area contributed by atoms with Gasteiger partial charge >= 0.3 is 0 Å². The predicted molar refractivity (Wildman–Crippen MR) is 87.3 cm³/mol. The van der Waals surface area contributed by atoms with Crippen molar-refractivity contribution in [2.75, 3.05) is 0 Å². The van der Waals surface area contributed by atoms with Crippen LogP contribution < -0.4 is 0 Å². The number of carbonyl (C=O) groups excluding carboxylic acids is 1. The highest BCUT2D eigenvalue weighted by Gasteiger charge is 2.62. The first-order valence-corrected chi connectivity index (χ1v) is 9.55. The fourth-order valence-electron chi connectivity index (χ4n) is 7.68. The maximum absolute atomic E-state index is 12.1. The van der Waals surface area contributed by atoms with Crippen molar-refractivity contribution in [1.82, 2.24) is 0 Å². The summed E-state index contributed by atoms with van der Waals surface area (Å²) < 4.78 is 0. The van der Waals surface area contributed by atoms with Gasteiger partial charge in [0.1, 0.15) is 5.78 Å². The lowest BCUT2D eigenvalue weighted by Crippen LogP contribution is -2.45. The summed E-state index contributed by atoms with van der Waals surface area (Å²) in [6, 6.07) is 0. The number of carbonyl (C=O) groups is 1. The van der Waals surface area contributed by atoms with Crippen molar-refractivity contribution in [3.63, 3.8) is 0 Å². The van der Waals surface area contributed by atoms with Gasteiger partial charge in [0.25, 0.3) is 0 Å². The lowest BCUT2D eigenvalue weighted by Gasteiger charge is -2.50. The second-order valence-electron chi connectivity index (χ2n) is 9.53. The van der Waals surface area contributed by atoms with Crippen LogP contribution in [0.3, 0.4) is 0 Å². The summed E-state index contributed by atoms with van der Waals surface area (Å²) in [7, 11) is 0. The Morgan fingerprint density at radius 1 is 0.955 bits per heavy atom. The quantitative estimate of drug-likeness (QED) is 0.788. The molecule has 4 fully saturated rings. The summed E-state index contributed by atoms with van der Waals surface area (Å²) >= 11 is 0. The summed E-state index contributed by atoms with van der Waals surface area (Å²) in [5, 5.41) is 10.1. The molecule has 0 saturated heterocycles. The zero-order chi connectivity index (χ0) is 15.7. The lowest BCUT2D eigenvalue weighted by molar-refractivity contribution is -0.126. The van der Waals surface area contributed by atoms with Crippen LogP contribution in [0.4, 0.5) is 0 Å². The number of ketones is 1. The van der Waals surface area contributed by atoms with Crippen LogP contribution in [0.15, 0.2) is 0 Å². The zero-order valence-electron chi connectivity index (χ0n) is 14.5. The molecule has 0 aromatic carbocycles. The first kappa shape index (κ1) is 15.2. The minimum Gasteiger partial charge on any atom is -0.393 e. The van der Waals surface area contributed by atoms with Crippen molar-refractivity contribution in [2.24, 2.45) is 40.4 Å². The van der Waals surface area contributed by atoms with E-state index < -0.39 is 0 Å². The van der Waals surface area contributed by atoms with Gasteiger partial charge in [-0.05, 0) is 92.8 Å². The molecule has 4 rings (SSSR count). The van der Waals surface area contributed by atoms with Crippen molar-refractivity contribution >= 4 is 5.78 Å². The van der Waals surface area contributed by atoms with E-state index in [1.54, 1.807) is 0 Å². The zero-order valence-corrected chi connectivity index (χ0v) is 14.5. The minimum atomic E-state index is -0.0573. The van der Waals surface area contributed by atoms with Crippen molar-refractivity contribution in [2.45, 2.75) is 78.2 Å². The number of Topliss-reactive ketones (excluding diaryl/α,β-unsaturated/α-hetero) is 1. The van der Waals surface area contributed by atoms with Crippen LogP contribution in [0.2, 0.25) is 0 Å². The van der Waals surface area contributed by atoms with Gasteiger partial charge in [-0.25, -0.2) is 0 Å². The van der Waals surface area contributed by atoms with E-state index in [-0.39, 0.29) is 11.5 Å². The molecule has 2 nitrogen and oxygen atoms in total. The van der Waals surface area contributed by atoms with E-state index in [1.165, 1.54) is 32.1 Å². The summed E-state index contributed by atoms with van der Waals surface area (Å²) in [5.41, 5.74) is 0.745. The van der Waals surface area contributed by atoms with Crippen LogP contribution >= 0.6 is 0 Å². The Bertz CT molecular complexity index is 486. The molecule has 2 heteroatoms. The Morgan fingerprint density at radius 3 is 2.36 bits per heavy atom. The normalized spacial score (nSPS) is 57.1. The molecule has 0 radical (unpaired) electrons. The number of hydrogen-bond acceptors (Lipinski definition) is 2. The Hall–Kier alpha value is -0.370. The van der Waals surface area contributed by atoms with Crippen LogP contribution in [0, 0.1) is 40.4 Å². The third-order valence-electron chi connectivity index (χ3n) is 8.84. The average Bonchev–Trinajstić information content (AvgIpc) is 2.93. The topological polar surface area (TPSA) is 37.3 Å². The largest absolute Gasteiger partial charge is 0.393 e. The Balaban J connectivity index is 1.64. The Kier molecular flexibility index (Phi) is 3.32. The Labute approximate surface area is 135 Å². The molecular weight excluding hydrogens is 272 g/mol. The molecule has 4 saturated carbocycles. The molecule has 4 aliphatic carbocycles. The first-order valence-electron chi connectivity index (χ1n) is 9.55. The Morgan fingerprint density at radius 2 is 1.64 bits per heavy atom.